The van der Waals surface area contributed by atoms with Crippen LogP contribution in [0, 0.1) is 5.92 Å². The van der Waals surface area contributed by atoms with Crippen LogP contribution in [0.3, 0.4) is 0 Å². The second-order valence-electron chi connectivity index (χ2n) is 5.73. The van der Waals surface area contributed by atoms with Gasteiger partial charge in [-0.05, 0) is 42.5 Å². The molecule has 3 N–H and O–H groups in total. The molecule has 118 valence electrons. The van der Waals surface area contributed by atoms with Crippen LogP contribution in [0.4, 0.5) is 11.4 Å². The molecule has 22 heavy (non-hydrogen) atoms. The van der Waals surface area contributed by atoms with Crippen molar-refractivity contribution in [3.63, 3.8) is 0 Å². The fraction of sp³-hybridized carbons (Fsp3) is 0.438. The zero-order valence-electron chi connectivity index (χ0n) is 12.5. The lowest BCUT2D eigenvalue weighted by molar-refractivity contribution is -0.138. The van der Waals surface area contributed by atoms with Gasteiger partial charge < -0.3 is 15.7 Å². The van der Waals surface area contributed by atoms with Crippen molar-refractivity contribution < 1.29 is 19.5 Å². The molecule has 1 heterocycles. The maximum Gasteiger partial charge on any atom is 0.303 e. The van der Waals surface area contributed by atoms with Crippen molar-refractivity contribution >= 4 is 29.2 Å². The highest BCUT2D eigenvalue weighted by Crippen LogP contribution is 2.25. The summed E-state index contributed by atoms with van der Waals surface area (Å²) in [6.45, 7) is 1.74. The highest BCUT2D eigenvalue weighted by molar-refractivity contribution is 5.94. The summed E-state index contributed by atoms with van der Waals surface area (Å²) < 4.78 is 0. The molecule has 1 aliphatic heterocycles. The van der Waals surface area contributed by atoms with Gasteiger partial charge in [0.15, 0.2) is 0 Å². The number of fused-ring (bicyclic) bond motifs is 1. The molecule has 2 amide bonds. The molecule has 0 saturated heterocycles. The summed E-state index contributed by atoms with van der Waals surface area (Å²) in [5.41, 5.74) is 2.46. The number of aliphatic carboxylic acids is 1. The monoisotopic (exact) mass is 304 g/mol. The van der Waals surface area contributed by atoms with E-state index in [9.17, 15) is 14.4 Å². The van der Waals surface area contributed by atoms with E-state index in [0.717, 1.165) is 24.1 Å². The predicted molar refractivity (Wildman–Crippen MR) is 82.7 cm³/mol. The Morgan fingerprint density at radius 1 is 1.32 bits per heavy atom. The van der Waals surface area contributed by atoms with Crippen LogP contribution in [0.1, 0.15) is 38.2 Å². The van der Waals surface area contributed by atoms with E-state index in [2.05, 4.69) is 10.6 Å². The Hall–Kier alpha value is -2.37. The lowest BCUT2D eigenvalue weighted by atomic mass is 10.0. The van der Waals surface area contributed by atoms with E-state index in [0.29, 0.717) is 12.1 Å². The van der Waals surface area contributed by atoms with Crippen molar-refractivity contribution in [3.05, 3.63) is 23.8 Å². The Morgan fingerprint density at radius 3 is 2.82 bits per heavy atom. The lowest BCUT2D eigenvalue weighted by Gasteiger charge is -2.12. The molecule has 1 unspecified atom stereocenters. The molecule has 6 nitrogen and oxygen atoms in total. The molecule has 0 fully saturated rings. The summed E-state index contributed by atoms with van der Waals surface area (Å²) in [6, 6.07) is 5.39. The molecule has 1 aliphatic rings. The number of carbonyl (C=O) groups excluding carboxylic acids is 2. The van der Waals surface area contributed by atoms with E-state index < -0.39 is 5.97 Å². The standard InChI is InChI=1S/C16H20N2O4/c1-10(8-16(21)22)7-15(20)17-12-5-6-13-11(9-12)3-2-4-14(19)18-13/h5-6,9-10H,2-4,7-8H2,1H3,(H,17,20)(H,18,19)(H,21,22). The van der Waals surface area contributed by atoms with Crippen LogP contribution in [0.2, 0.25) is 0 Å². The first-order valence-electron chi connectivity index (χ1n) is 7.38. The highest BCUT2D eigenvalue weighted by Gasteiger charge is 2.15. The Morgan fingerprint density at radius 2 is 2.09 bits per heavy atom. The topological polar surface area (TPSA) is 95.5 Å². The molecular weight excluding hydrogens is 284 g/mol. The van der Waals surface area contributed by atoms with Gasteiger partial charge in [-0.2, -0.15) is 0 Å². The van der Waals surface area contributed by atoms with Crippen LogP contribution in [0.25, 0.3) is 0 Å². The summed E-state index contributed by atoms with van der Waals surface area (Å²) in [5.74, 6) is -1.30. The molecule has 1 atom stereocenters. The van der Waals surface area contributed by atoms with Crippen molar-refractivity contribution in [1.82, 2.24) is 0 Å². The highest BCUT2D eigenvalue weighted by atomic mass is 16.4. The number of nitrogens with one attached hydrogen (secondary N) is 2. The minimum Gasteiger partial charge on any atom is -0.481 e. The molecular formula is C16H20N2O4. The van der Waals surface area contributed by atoms with Crippen LogP contribution in [-0.2, 0) is 20.8 Å². The zero-order valence-corrected chi connectivity index (χ0v) is 12.5. The third kappa shape index (κ3) is 4.58. The molecule has 0 radical (unpaired) electrons. The van der Waals surface area contributed by atoms with Crippen LogP contribution in [-0.4, -0.2) is 22.9 Å². The fourth-order valence-electron chi connectivity index (χ4n) is 2.55. The smallest absolute Gasteiger partial charge is 0.303 e. The number of hydrogen-bond donors (Lipinski definition) is 3. The molecule has 0 aromatic heterocycles. The predicted octanol–water partition coefficient (Wildman–Crippen LogP) is 2.40. The van der Waals surface area contributed by atoms with Gasteiger partial charge in [0.25, 0.3) is 0 Å². The Bertz CT molecular complexity index is 598. The number of carboxylic acid groups (broad SMARTS) is 1. The second kappa shape index (κ2) is 7.06. The van der Waals surface area contributed by atoms with Crippen LogP contribution < -0.4 is 10.6 Å². The number of benzene rings is 1. The molecule has 2 rings (SSSR count). The first-order valence-corrected chi connectivity index (χ1v) is 7.38. The number of anilines is 2. The van der Waals surface area contributed by atoms with Gasteiger partial charge >= 0.3 is 5.97 Å². The maximum absolute atomic E-state index is 11.9. The molecule has 0 saturated carbocycles. The largest absolute Gasteiger partial charge is 0.481 e. The van der Waals surface area contributed by atoms with Gasteiger partial charge in [0.2, 0.25) is 11.8 Å². The van der Waals surface area contributed by atoms with Gasteiger partial charge in [-0.15, -0.1) is 0 Å². The van der Waals surface area contributed by atoms with Crippen molar-refractivity contribution in [2.24, 2.45) is 5.92 Å². The maximum atomic E-state index is 11.9. The number of hydrogen-bond acceptors (Lipinski definition) is 3. The van der Waals surface area contributed by atoms with Crippen molar-refractivity contribution in [2.75, 3.05) is 10.6 Å². The van der Waals surface area contributed by atoms with E-state index in [1.54, 1.807) is 19.1 Å². The number of aryl methyl sites for hydroxylation is 1. The number of amides is 2. The molecule has 1 aromatic rings. The summed E-state index contributed by atoms with van der Waals surface area (Å²) in [5, 5.41) is 14.3. The molecule has 1 aromatic carbocycles. The first-order chi connectivity index (χ1) is 10.4. The van der Waals surface area contributed by atoms with Gasteiger partial charge in [-0.3, -0.25) is 14.4 Å². The van der Waals surface area contributed by atoms with Gasteiger partial charge in [0.05, 0.1) is 0 Å². The first kappa shape index (κ1) is 16.0. The Labute approximate surface area is 128 Å². The minimum atomic E-state index is -0.902. The number of carboxylic acids is 1. The number of rotatable bonds is 5. The van der Waals surface area contributed by atoms with Gasteiger partial charge in [-0.1, -0.05) is 6.92 Å². The molecule has 0 aliphatic carbocycles. The Balaban J connectivity index is 1.99. The van der Waals surface area contributed by atoms with Crippen molar-refractivity contribution in [3.8, 4) is 0 Å². The van der Waals surface area contributed by atoms with Gasteiger partial charge in [-0.25, -0.2) is 0 Å². The summed E-state index contributed by atoms with van der Waals surface area (Å²) in [7, 11) is 0. The fourth-order valence-corrected chi connectivity index (χ4v) is 2.55. The van der Waals surface area contributed by atoms with E-state index in [1.165, 1.54) is 0 Å². The quantitative estimate of drug-likeness (QED) is 0.778. The van der Waals surface area contributed by atoms with E-state index in [4.69, 9.17) is 5.11 Å². The van der Waals surface area contributed by atoms with E-state index in [-0.39, 0.29) is 30.6 Å². The summed E-state index contributed by atoms with van der Waals surface area (Å²) >= 11 is 0. The average Bonchev–Trinajstić information content (AvgIpc) is 2.57. The van der Waals surface area contributed by atoms with Crippen molar-refractivity contribution in [1.29, 1.82) is 0 Å². The lowest BCUT2D eigenvalue weighted by Crippen LogP contribution is -2.17. The van der Waals surface area contributed by atoms with Gasteiger partial charge in [0, 0.05) is 30.6 Å². The molecule has 6 heteroatoms. The summed E-state index contributed by atoms with van der Waals surface area (Å²) in [4.78, 5) is 34.0. The third-order valence-electron chi connectivity index (χ3n) is 3.57. The Kier molecular flexibility index (Phi) is 5.14. The number of carbonyl (C=O) groups is 3. The van der Waals surface area contributed by atoms with Gasteiger partial charge in [0.1, 0.15) is 0 Å². The van der Waals surface area contributed by atoms with E-state index >= 15 is 0 Å². The summed E-state index contributed by atoms with van der Waals surface area (Å²) in [6.07, 6.45) is 2.21. The second-order valence-corrected chi connectivity index (χ2v) is 5.73. The molecule has 0 spiro atoms. The minimum absolute atomic E-state index is 0.0121. The van der Waals surface area contributed by atoms with Crippen molar-refractivity contribution in [2.45, 2.75) is 39.0 Å². The van der Waals surface area contributed by atoms with Crippen LogP contribution >= 0.6 is 0 Å². The SMILES string of the molecule is CC(CC(=O)O)CC(=O)Nc1ccc2c(c1)CCCC(=O)N2. The van der Waals surface area contributed by atoms with Crippen LogP contribution in [0.15, 0.2) is 18.2 Å². The van der Waals surface area contributed by atoms with Crippen LogP contribution in [0.5, 0.6) is 0 Å². The molecule has 0 bridgehead atoms. The third-order valence-corrected chi connectivity index (χ3v) is 3.57. The normalized spacial score (nSPS) is 15.2. The average molecular weight is 304 g/mol. The zero-order chi connectivity index (χ0) is 16.1. The van der Waals surface area contributed by atoms with E-state index in [1.807, 2.05) is 6.07 Å².